The van der Waals surface area contributed by atoms with Gasteiger partial charge in [-0.05, 0) is 49.3 Å². The normalized spacial score (nSPS) is 10.9. The first kappa shape index (κ1) is 22.3. The van der Waals surface area contributed by atoms with E-state index in [1.807, 2.05) is 64.9 Å². The third-order valence-corrected chi connectivity index (χ3v) is 5.98. The molecule has 2 aromatic carbocycles. The van der Waals surface area contributed by atoms with Gasteiger partial charge in [0.05, 0.1) is 13.1 Å². The number of benzene rings is 2. The van der Waals surface area contributed by atoms with Gasteiger partial charge in [0.15, 0.2) is 16.7 Å². The zero-order valence-electron chi connectivity index (χ0n) is 17.6. The molecule has 6 nitrogen and oxygen atoms in total. The highest BCUT2D eigenvalue weighted by molar-refractivity contribution is 7.80. The molecule has 0 saturated heterocycles. The Bertz CT molecular complexity index is 1240. The maximum absolute atomic E-state index is 6.29. The van der Waals surface area contributed by atoms with Crippen molar-refractivity contribution in [2.45, 2.75) is 26.9 Å². The maximum atomic E-state index is 6.29. The van der Waals surface area contributed by atoms with E-state index >= 15 is 0 Å². The summed E-state index contributed by atoms with van der Waals surface area (Å²) in [7, 11) is 0. The van der Waals surface area contributed by atoms with E-state index in [1.54, 1.807) is 0 Å². The Morgan fingerprint density at radius 2 is 1.62 bits per heavy atom. The number of thiocarbonyl (C=S) groups is 1. The monoisotopic (exact) mass is 484 g/mol. The van der Waals surface area contributed by atoms with Crippen molar-refractivity contribution in [2.75, 3.05) is 10.6 Å². The van der Waals surface area contributed by atoms with Gasteiger partial charge in [-0.1, -0.05) is 53.5 Å². The number of halogens is 2. The highest BCUT2D eigenvalue weighted by Gasteiger charge is 2.11. The fourth-order valence-corrected chi connectivity index (χ4v) is 4.03. The third kappa shape index (κ3) is 5.30. The molecule has 164 valence electrons. The zero-order valence-corrected chi connectivity index (χ0v) is 20.0. The lowest BCUT2D eigenvalue weighted by molar-refractivity contribution is 0.668. The second-order valence-corrected chi connectivity index (χ2v) is 8.66. The fourth-order valence-electron chi connectivity index (χ4n) is 3.31. The molecular weight excluding hydrogens is 463 g/mol. The predicted octanol–water partition coefficient (Wildman–Crippen LogP) is 5.91. The summed E-state index contributed by atoms with van der Waals surface area (Å²) in [5, 5.41) is 17.0. The summed E-state index contributed by atoms with van der Waals surface area (Å²) in [6.07, 6.45) is 1.92. The Kier molecular flexibility index (Phi) is 6.79. The van der Waals surface area contributed by atoms with Gasteiger partial charge in [-0.15, -0.1) is 0 Å². The lowest BCUT2D eigenvalue weighted by Gasteiger charge is -2.09. The first-order valence-electron chi connectivity index (χ1n) is 10.0. The van der Waals surface area contributed by atoms with Crippen LogP contribution in [0.2, 0.25) is 10.0 Å². The van der Waals surface area contributed by atoms with Crippen LogP contribution in [0.1, 0.15) is 22.4 Å². The van der Waals surface area contributed by atoms with Crippen molar-refractivity contribution in [3.8, 4) is 0 Å². The molecule has 0 aliphatic rings. The molecule has 4 aromatic rings. The largest absolute Gasteiger partial charge is 0.316 e. The van der Waals surface area contributed by atoms with Gasteiger partial charge >= 0.3 is 0 Å². The lowest BCUT2D eigenvalue weighted by atomic mass is 10.1. The Labute approximate surface area is 202 Å². The molecule has 0 radical (unpaired) electrons. The average molecular weight is 485 g/mol. The number of rotatable bonds is 6. The summed E-state index contributed by atoms with van der Waals surface area (Å²) in [6, 6.07) is 17.5. The number of anilines is 2. The second-order valence-electron chi connectivity index (χ2n) is 7.43. The van der Waals surface area contributed by atoms with Crippen LogP contribution in [-0.4, -0.2) is 24.7 Å². The van der Waals surface area contributed by atoms with Crippen molar-refractivity contribution in [1.29, 1.82) is 0 Å². The van der Waals surface area contributed by atoms with Crippen LogP contribution in [0.15, 0.2) is 60.8 Å². The topological polar surface area (TPSA) is 59.7 Å². The van der Waals surface area contributed by atoms with E-state index in [0.717, 1.165) is 11.3 Å². The molecule has 0 fully saturated rings. The van der Waals surface area contributed by atoms with Crippen LogP contribution in [0, 0.1) is 13.8 Å². The summed E-state index contributed by atoms with van der Waals surface area (Å²) in [5.74, 6) is 1.29. The van der Waals surface area contributed by atoms with Gasteiger partial charge < -0.3 is 10.6 Å². The van der Waals surface area contributed by atoms with Crippen LogP contribution < -0.4 is 10.6 Å². The smallest absolute Gasteiger partial charge is 0.177 e. The van der Waals surface area contributed by atoms with E-state index in [0.29, 0.717) is 39.9 Å². The van der Waals surface area contributed by atoms with E-state index in [9.17, 15) is 0 Å². The van der Waals surface area contributed by atoms with Crippen LogP contribution in [-0.2, 0) is 13.1 Å². The van der Waals surface area contributed by atoms with Gasteiger partial charge in [0, 0.05) is 39.6 Å². The van der Waals surface area contributed by atoms with Gasteiger partial charge in [-0.3, -0.25) is 9.36 Å². The summed E-state index contributed by atoms with van der Waals surface area (Å²) < 4.78 is 3.70. The molecule has 2 heterocycles. The molecule has 4 rings (SSSR count). The minimum atomic E-state index is 0.409. The molecule has 0 amide bonds. The lowest BCUT2D eigenvalue weighted by Crippen LogP contribution is -2.20. The summed E-state index contributed by atoms with van der Waals surface area (Å²) >= 11 is 18.0. The Morgan fingerprint density at radius 1 is 0.906 bits per heavy atom. The van der Waals surface area contributed by atoms with E-state index < -0.39 is 0 Å². The molecule has 0 unspecified atom stereocenters. The zero-order chi connectivity index (χ0) is 22.7. The molecule has 9 heteroatoms. The van der Waals surface area contributed by atoms with Gasteiger partial charge in [0.25, 0.3) is 0 Å². The third-order valence-electron chi connectivity index (χ3n) is 5.07. The first-order chi connectivity index (χ1) is 15.4. The summed E-state index contributed by atoms with van der Waals surface area (Å²) in [5.41, 5.74) is 4.24. The Balaban J connectivity index is 1.38. The molecule has 2 aromatic heterocycles. The van der Waals surface area contributed by atoms with Crippen molar-refractivity contribution >= 4 is 52.2 Å². The van der Waals surface area contributed by atoms with Crippen molar-refractivity contribution in [3.05, 3.63) is 93.2 Å². The van der Waals surface area contributed by atoms with Crippen LogP contribution in [0.25, 0.3) is 0 Å². The summed E-state index contributed by atoms with van der Waals surface area (Å²) in [6.45, 7) is 5.22. The highest BCUT2D eigenvalue weighted by atomic mass is 35.5. The van der Waals surface area contributed by atoms with Gasteiger partial charge in [0.2, 0.25) is 0 Å². The number of hydrogen-bond donors (Lipinski definition) is 2. The molecular formula is C23H22Cl2N6S. The minimum Gasteiger partial charge on any atom is -0.316 e. The Morgan fingerprint density at radius 3 is 2.38 bits per heavy atom. The van der Waals surface area contributed by atoms with Gasteiger partial charge in [-0.2, -0.15) is 10.2 Å². The predicted molar refractivity (Wildman–Crippen MR) is 135 cm³/mol. The quantitative estimate of drug-likeness (QED) is 0.333. The number of aromatic nitrogens is 4. The molecule has 0 aliphatic carbocycles. The number of hydrogen-bond acceptors (Lipinski definition) is 3. The first-order valence-corrected chi connectivity index (χ1v) is 11.2. The molecule has 0 aliphatic heterocycles. The minimum absolute atomic E-state index is 0.409. The van der Waals surface area contributed by atoms with Gasteiger partial charge in [-0.25, -0.2) is 0 Å². The molecule has 0 spiro atoms. The molecule has 0 saturated carbocycles. The van der Waals surface area contributed by atoms with Crippen LogP contribution >= 0.6 is 35.4 Å². The highest BCUT2D eigenvalue weighted by Crippen LogP contribution is 2.26. The van der Waals surface area contributed by atoms with Gasteiger partial charge in [0.1, 0.15) is 0 Å². The molecule has 32 heavy (non-hydrogen) atoms. The number of nitrogens with one attached hydrogen (secondary N) is 2. The summed E-state index contributed by atoms with van der Waals surface area (Å²) in [4.78, 5) is 0. The van der Waals surface area contributed by atoms with Crippen LogP contribution in [0.5, 0.6) is 0 Å². The van der Waals surface area contributed by atoms with Crippen molar-refractivity contribution in [3.63, 3.8) is 0 Å². The van der Waals surface area contributed by atoms with Crippen molar-refractivity contribution in [2.24, 2.45) is 0 Å². The number of nitrogens with zero attached hydrogens (tertiary/aromatic N) is 4. The standard InChI is InChI=1S/C23H22Cl2N6S/c1-15-6-3-4-7-17(15)13-30-11-10-21(28-30)26-23(32)27-22-12-16(2)31(29-22)14-18-19(24)8-5-9-20(18)25/h3-12H,13-14H2,1-2H3,(H2,26,27,28,29,32). The number of aryl methyl sites for hydroxylation is 2. The van der Waals surface area contributed by atoms with Crippen LogP contribution in [0.4, 0.5) is 11.6 Å². The molecule has 0 bridgehead atoms. The molecule has 2 N–H and O–H groups in total. The van der Waals surface area contributed by atoms with Crippen molar-refractivity contribution in [1.82, 2.24) is 19.6 Å². The second kappa shape index (κ2) is 9.73. The average Bonchev–Trinajstić information content (AvgIpc) is 3.32. The van der Waals surface area contributed by atoms with Crippen LogP contribution in [0.3, 0.4) is 0 Å². The van der Waals surface area contributed by atoms with E-state index in [1.165, 1.54) is 11.1 Å². The van der Waals surface area contributed by atoms with E-state index in [4.69, 9.17) is 35.4 Å². The van der Waals surface area contributed by atoms with Crippen molar-refractivity contribution < 1.29 is 0 Å². The SMILES string of the molecule is Cc1ccccc1Cn1ccc(NC(=S)Nc2cc(C)n(Cc3c(Cl)cccc3Cl)n2)n1. The van der Waals surface area contributed by atoms with E-state index in [-0.39, 0.29) is 0 Å². The van der Waals surface area contributed by atoms with E-state index in [2.05, 4.69) is 39.9 Å². The maximum Gasteiger partial charge on any atom is 0.177 e. The molecule has 0 atom stereocenters. The fraction of sp³-hybridized carbons (Fsp3) is 0.174. The Hall–Kier alpha value is -2.87.